The number of ether oxygens (including phenoxy) is 1. The van der Waals surface area contributed by atoms with Crippen molar-refractivity contribution < 1.29 is 73.1 Å². The number of amides is 8. The number of aliphatic carboxylic acids is 1. The molecule has 13 atom stereocenters. The van der Waals surface area contributed by atoms with E-state index in [9.17, 15) is 68.4 Å². The number of rotatable bonds is 19. The number of piperidine rings is 1. The molecule has 2 aromatic rings. The average molecular weight is 1120 g/mol. The Morgan fingerprint density at radius 1 is 0.762 bits per heavy atom. The highest BCUT2D eigenvalue weighted by molar-refractivity contribution is 5.98. The summed E-state index contributed by atoms with van der Waals surface area (Å²) >= 11 is 0. The van der Waals surface area contributed by atoms with Gasteiger partial charge in [-0.25, -0.2) is 9.59 Å². The van der Waals surface area contributed by atoms with Crippen molar-refractivity contribution in [3.63, 3.8) is 0 Å². The van der Waals surface area contributed by atoms with Crippen molar-refractivity contribution in [2.75, 3.05) is 7.05 Å². The molecule has 0 aromatic heterocycles. The van der Waals surface area contributed by atoms with Gasteiger partial charge in [-0.3, -0.25) is 38.4 Å². The lowest BCUT2D eigenvalue weighted by atomic mass is 9.88. The van der Waals surface area contributed by atoms with Crippen molar-refractivity contribution in [1.29, 1.82) is 0 Å². The zero-order valence-electron chi connectivity index (χ0n) is 46.6. The Bertz CT molecular complexity index is 2550. The van der Waals surface area contributed by atoms with Crippen LogP contribution in [0.4, 0.5) is 0 Å². The molecule has 2 aliphatic heterocycles. The Morgan fingerprint density at radius 3 is 2.06 bits per heavy atom. The molecule has 0 saturated carbocycles. The van der Waals surface area contributed by atoms with Crippen LogP contribution < -0.4 is 31.9 Å². The first-order valence-corrected chi connectivity index (χ1v) is 27.6. The number of likely N-dealkylation sites (N-methyl/N-ethyl adjacent to an activating group) is 1. The number of esters is 1. The summed E-state index contributed by atoms with van der Waals surface area (Å²) in [5.74, 6) is -10.8. The number of allylic oxidation sites excluding steroid dienone is 1. The molecule has 2 saturated heterocycles. The largest absolute Gasteiger partial charge is 0.508 e. The van der Waals surface area contributed by atoms with Gasteiger partial charge in [0.1, 0.15) is 66.4 Å². The van der Waals surface area contributed by atoms with Crippen LogP contribution in [0.2, 0.25) is 0 Å². The van der Waals surface area contributed by atoms with Crippen molar-refractivity contribution in [2.45, 2.75) is 185 Å². The van der Waals surface area contributed by atoms with Gasteiger partial charge in [0.2, 0.25) is 47.3 Å². The summed E-state index contributed by atoms with van der Waals surface area (Å²) in [5.41, 5.74) is 1.17. The number of aliphatic hydroxyl groups is 2. The maximum absolute atomic E-state index is 14.9. The third kappa shape index (κ3) is 17.5. The fourth-order valence-electron chi connectivity index (χ4n) is 10.1. The van der Waals surface area contributed by atoms with Crippen LogP contribution in [0.3, 0.4) is 0 Å². The second kappa shape index (κ2) is 29.7. The summed E-state index contributed by atoms with van der Waals surface area (Å²) < 4.78 is 5.96. The van der Waals surface area contributed by atoms with Gasteiger partial charge in [-0.1, -0.05) is 95.7 Å². The number of nitrogens with zero attached hydrogens (tertiary/aromatic N) is 2. The van der Waals surface area contributed by atoms with Crippen LogP contribution in [-0.2, 0) is 65.5 Å². The number of hydrogen-bond donors (Lipinski definition) is 10. The first kappa shape index (κ1) is 63.4. The number of carbonyl (C=O) groups excluding carboxylic acids is 9. The Kier molecular flexibility index (Phi) is 23.6. The lowest BCUT2D eigenvalue weighted by molar-refractivity contribution is -0.167. The second-order valence-electron chi connectivity index (χ2n) is 21.5. The van der Waals surface area contributed by atoms with Crippen molar-refractivity contribution in [1.82, 2.24) is 41.7 Å². The fourth-order valence-corrected chi connectivity index (χ4v) is 10.1. The number of fused-ring (bicyclic) bond motifs is 2. The zero-order valence-corrected chi connectivity index (χ0v) is 46.6. The van der Waals surface area contributed by atoms with E-state index in [0.717, 1.165) is 4.90 Å². The number of hydrogen-bond acceptors (Lipinski definition) is 14. The molecule has 10 N–H and O–H groups in total. The number of phenolic OH excluding ortho intramolecular Hbond substituents is 1. The minimum absolute atomic E-state index is 0.0403. The number of aliphatic hydroxyl groups excluding tert-OH is 2. The van der Waals surface area contributed by atoms with Crippen molar-refractivity contribution >= 4 is 59.2 Å². The number of aromatic hydroxyl groups is 1. The van der Waals surface area contributed by atoms with Crippen LogP contribution in [0.15, 0.2) is 66.7 Å². The number of carboxylic acids is 1. The van der Waals surface area contributed by atoms with Crippen LogP contribution >= 0.6 is 0 Å². The number of nitrogens with one attached hydrogen (secondary N) is 6. The van der Waals surface area contributed by atoms with E-state index in [2.05, 4.69) is 31.9 Å². The number of cyclic esters (lactones) is 1. The maximum atomic E-state index is 14.9. The number of phenols is 1. The lowest BCUT2D eigenvalue weighted by Gasteiger charge is -2.44. The van der Waals surface area contributed by atoms with Gasteiger partial charge in [0.15, 0.2) is 0 Å². The number of benzene rings is 2. The Hall–Kier alpha value is -7.40. The standard InChI is InChI=1S/C57H80N8O15/c1-8-13-44(68)58-41(28-35-16-20-37(66)21-17-35)50(71)60-40(56(77)78)24-26-45(69)62-48-33(6)80-57(79)47(32(5)9-2)63-52(73)43(30-34-14-11-10-12-15-34)64(7)55(76)49(31(3)4)65-46(70)27-25-39(54(65)75)59-51(72)42(61-53(48)74)29-36-18-22-38(67)23-19-36/h10-12,14-18,20-22,31-33,36,38-43,46-49,66-67,70H,8-9,13,19,23-30H2,1-7H3,(H,58,68)(H,59,72)(H,60,71)(H,61,74)(H,62,69)(H,63,73)(H,77,78)/t32?,33-,36?,38?,39-,40-,41-,42?,43-,46?,47-,48-,49-/m1/s1. The summed E-state index contributed by atoms with van der Waals surface area (Å²) in [5, 5.41) is 57.5. The highest BCUT2D eigenvalue weighted by Gasteiger charge is 2.47. The van der Waals surface area contributed by atoms with Crippen LogP contribution in [0.25, 0.3) is 0 Å². The van der Waals surface area contributed by atoms with Gasteiger partial charge in [-0.05, 0) is 92.9 Å². The third-order valence-electron chi connectivity index (χ3n) is 15.0. The Morgan fingerprint density at radius 2 is 1.45 bits per heavy atom. The van der Waals surface area contributed by atoms with Gasteiger partial charge in [0.25, 0.3) is 0 Å². The van der Waals surface area contributed by atoms with E-state index in [1.807, 2.05) is 0 Å². The topological polar surface area (TPSA) is 340 Å². The first-order valence-electron chi connectivity index (χ1n) is 27.6. The average Bonchev–Trinajstić information content (AvgIpc) is 3.46. The highest BCUT2D eigenvalue weighted by Crippen LogP contribution is 2.28. The van der Waals surface area contributed by atoms with E-state index in [-0.39, 0.29) is 44.3 Å². The summed E-state index contributed by atoms with van der Waals surface area (Å²) in [4.78, 5) is 143. The van der Waals surface area contributed by atoms with Gasteiger partial charge < -0.3 is 66.9 Å². The Labute approximate surface area is 466 Å². The molecule has 8 amide bonds. The maximum Gasteiger partial charge on any atom is 0.329 e. The lowest BCUT2D eigenvalue weighted by Crippen LogP contribution is -2.66. The summed E-state index contributed by atoms with van der Waals surface area (Å²) in [7, 11) is 1.39. The monoisotopic (exact) mass is 1120 g/mol. The van der Waals surface area contributed by atoms with Crippen molar-refractivity contribution in [3.8, 4) is 5.75 Å². The van der Waals surface area contributed by atoms with Gasteiger partial charge in [-0.15, -0.1) is 0 Å². The molecule has 80 heavy (non-hydrogen) atoms. The molecule has 1 aliphatic carbocycles. The van der Waals surface area contributed by atoms with Gasteiger partial charge in [0, 0.05) is 32.7 Å². The predicted molar refractivity (Wildman–Crippen MR) is 290 cm³/mol. The molecule has 23 heteroatoms. The summed E-state index contributed by atoms with van der Waals surface area (Å²) in [6.07, 6.45) is -0.565. The number of carboxylic acid groups (broad SMARTS) is 1. The van der Waals surface area contributed by atoms with E-state index in [4.69, 9.17) is 4.74 Å². The van der Waals surface area contributed by atoms with Crippen molar-refractivity contribution in [2.24, 2.45) is 17.8 Å². The molecule has 438 valence electrons. The minimum Gasteiger partial charge on any atom is -0.508 e. The molecule has 2 fully saturated rings. The summed E-state index contributed by atoms with van der Waals surface area (Å²) in [6, 6.07) is 2.97. The first-order chi connectivity index (χ1) is 37.9. The van der Waals surface area contributed by atoms with Gasteiger partial charge in [-0.2, -0.15) is 0 Å². The van der Waals surface area contributed by atoms with Gasteiger partial charge >= 0.3 is 11.9 Å². The fraction of sp³-hybridized carbons (Fsp3) is 0.579. The molecule has 23 nitrogen and oxygen atoms in total. The third-order valence-corrected chi connectivity index (χ3v) is 15.0. The molecule has 5 unspecified atom stereocenters. The number of carbonyl (C=O) groups is 10. The quantitative estimate of drug-likeness (QED) is 0.0699. The Balaban J connectivity index is 1.52. The van der Waals surface area contributed by atoms with Crippen molar-refractivity contribution in [3.05, 3.63) is 77.9 Å². The van der Waals surface area contributed by atoms with Crippen LogP contribution in [0.1, 0.15) is 117 Å². The zero-order chi connectivity index (χ0) is 59.0. The van der Waals surface area contributed by atoms with Crippen LogP contribution in [0.5, 0.6) is 5.75 Å². The molecule has 2 bridgehead atoms. The summed E-state index contributed by atoms with van der Waals surface area (Å²) in [6.45, 7) is 9.82. The highest BCUT2D eigenvalue weighted by atomic mass is 16.5. The molecule has 2 aromatic carbocycles. The van der Waals surface area contributed by atoms with E-state index in [1.54, 1.807) is 77.1 Å². The molecule has 0 spiro atoms. The molecule has 0 radical (unpaired) electrons. The van der Waals surface area contributed by atoms with E-state index < -0.39 is 157 Å². The van der Waals surface area contributed by atoms with Gasteiger partial charge in [0.05, 0.1) is 6.10 Å². The normalized spacial score (nSPS) is 26.5. The smallest absolute Gasteiger partial charge is 0.329 e. The van der Waals surface area contributed by atoms with E-state index in [0.29, 0.717) is 36.8 Å². The van der Waals surface area contributed by atoms with E-state index in [1.165, 1.54) is 43.1 Å². The second-order valence-corrected chi connectivity index (χ2v) is 21.5. The predicted octanol–water partition coefficient (Wildman–Crippen LogP) is 1.25. The minimum atomic E-state index is -1.81. The van der Waals surface area contributed by atoms with Crippen LogP contribution in [0, 0.1) is 17.8 Å². The molecular weight excluding hydrogens is 1040 g/mol. The van der Waals surface area contributed by atoms with E-state index >= 15 is 0 Å². The SMILES string of the molecule is CCCC(=O)N[C@H](Cc1ccc(O)cc1)C(=O)N[C@H](CCC(=O)N[C@H]1C(=O)NC(CC2C=CC(O)CC2)C(=O)N[C@@H]2CCC(O)N(C2=O)[C@H](C(C)C)C(=O)N(C)[C@H](Cc2ccccc2)C(=O)N[C@H](C(C)CC)C(=O)O[C@@H]1C)C(=O)O. The molecule has 2 heterocycles. The molecule has 3 aliphatic rings. The molecular formula is C57H80N8O15. The molecule has 5 rings (SSSR count). The van der Waals surface area contributed by atoms with Crippen LogP contribution in [-0.4, -0.2) is 163 Å².